The molecule has 2 heterocycles. The van der Waals surface area contributed by atoms with Crippen molar-refractivity contribution in [3.63, 3.8) is 0 Å². The van der Waals surface area contributed by atoms with Crippen molar-refractivity contribution in [2.24, 2.45) is 0 Å². The van der Waals surface area contributed by atoms with E-state index in [0.717, 1.165) is 12.1 Å². The summed E-state index contributed by atoms with van der Waals surface area (Å²) in [6.07, 6.45) is 1.80. The number of halogens is 2. The van der Waals surface area contributed by atoms with Crippen LogP contribution in [0.25, 0.3) is 5.65 Å². The summed E-state index contributed by atoms with van der Waals surface area (Å²) in [5.74, 6) is -2.30. The summed E-state index contributed by atoms with van der Waals surface area (Å²) in [6.45, 7) is 1.69. The number of hydrogen-bond acceptors (Lipinski definition) is 4. The highest BCUT2D eigenvalue weighted by molar-refractivity contribution is 8.00. The maximum atomic E-state index is 13.2. The molecule has 0 saturated carbocycles. The van der Waals surface area contributed by atoms with Gasteiger partial charge in [-0.2, -0.15) is 0 Å². The standard InChI is InChI=1S/C15H11F2N3OS/c1-9(14(21)10-5-6-11(16)12(17)8-10)22-15-19-18-13-4-2-3-7-20(13)15/h2-9H,1H3/t9-/m1/s1. The number of carbonyl (C=O) groups is 1. The maximum absolute atomic E-state index is 13.2. The van der Waals surface area contributed by atoms with Crippen molar-refractivity contribution in [3.05, 3.63) is 59.8 Å². The number of aromatic nitrogens is 3. The van der Waals surface area contributed by atoms with Crippen LogP contribution in [-0.2, 0) is 0 Å². The Hall–Kier alpha value is -2.28. The zero-order chi connectivity index (χ0) is 15.7. The molecule has 0 spiro atoms. The third kappa shape index (κ3) is 2.71. The fraction of sp³-hybridized carbons (Fsp3) is 0.133. The molecule has 3 aromatic rings. The van der Waals surface area contributed by atoms with E-state index in [1.807, 2.05) is 12.1 Å². The van der Waals surface area contributed by atoms with Crippen molar-refractivity contribution < 1.29 is 13.6 Å². The number of hydrogen-bond donors (Lipinski definition) is 0. The largest absolute Gasteiger partial charge is 0.293 e. The molecule has 0 fully saturated rings. The number of benzene rings is 1. The van der Waals surface area contributed by atoms with Crippen molar-refractivity contribution in [1.29, 1.82) is 0 Å². The van der Waals surface area contributed by atoms with E-state index in [-0.39, 0.29) is 11.3 Å². The monoisotopic (exact) mass is 319 g/mol. The Kier molecular flexibility index (Phi) is 3.89. The Balaban J connectivity index is 1.83. The lowest BCUT2D eigenvalue weighted by molar-refractivity contribution is 0.0993. The number of Topliss-reactive ketones (excluding diaryl/α,β-unsaturated/α-hetero) is 1. The lowest BCUT2D eigenvalue weighted by Gasteiger charge is -2.09. The molecule has 7 heteroatoms. The summed E-state index contributed by atoms with van der Waals surface area (Å²) in [6, 6.07) is 8.62. The van der Waals surface area contributed by atoms with Gasteiger partial charge in [0, 0.05) is 11.8 Å². The van der Waals surface area contributed by atoms with Crippen molar-refractivity contribution in [2.75, 3.05) is 0 Å². The number of nitrogens with zero attached hydrogens (tertiary/aromatic N) is 3. The molecule has 0 aliphatic rings. The van der Waals surface area contributed by atoms with Gasteiger partial charge in [-0.3, -0.25) is 9.20 Å². The second-order valence-corrected chi connectivity index (χ2v) is 5.97. The highest BCUT2D eigenvalue weighted by atomic mass is 32.2. The maximum Gasteiger partial charge on any atom is 0.196 e. The summed E-state index contributed by atoms with van der Waals surface area (Å²) in [4.78, 5) is 12.3. The minimum absolute atomic E-state index is 0.132. The predicted molar refractivity (Wildman–Crippen MR) is 79.0 cm³/mol. The second kappa shape index (κ2) is 5.84. The molecule has 0 aliphatic heterocycles. The number of thioether (sulfide) groups is 1. The van der Waals surface area contributed by atoms with Gasteiger partial charge in [-0.25, -0.2) is 8.78 Å². The molecule has 0 amide bonds. The molecule has 0 aliphatic carbocycles. The van der Waals surface area contributed by atoms with E-state index < -0.39 is 16.9 Å². The summed E-state index contributed by atoms with van der Waals surface area (Å²) >= 11 is 1.22. The highest BCUT2D eigenvalue weighted by Crippen LogP contribution is 2.25. The summed E-state index contributed by atoms with van der Waals surface area (Å²) < 4.78 is 27.9. The van der Waals surface area contributed by atoms with Crippen LogP contribution < -0.4 is 0 Å². The molecule has 2 aromatic heterocycles. The summed E-state index contributed by atoms with van der Waals surface area (Å²) in [7, 11) is 0. The van der Waals surface area contributed by atoms with Crippen LogP contribution in [0.3, 0.4) is 0 Å². The first-order valence-electron chi connectivity index (χ1n) is 6.52. The highest BCUT2D eigenvalue weighted by Gasteiger charge is 2.20. The van der Waals surface area contributed by atoms with Gasteiger partial charge in [0.15, 0.2) is 28.2 Å². The summed E-state index contributed by atoms with van der Waals surface area (Å²) in [5, 5.41) is 8.10. The van der Waals surface area contributed by atoms with E-state index in [4.69, 9.17) is 0 Å². The van der Waals surface area contributed by atoms with E-state index in [1.165, 1.54) is 17.8 Å². The van der Waals surface area contributed by atoms with Crippen molar-refractivity contribution in [2.45, 2.75) is 17.3 Å². The van der Waals surface area contributed by atoms with Crippen LogP contribution in [0, 0.1) is 11.6 Å². The number of ketones is 1. The number of carbonyl (C=O) groups excluding carboxylic acids is 1. The first kappa shape index (κ1) is 14.6. The van der Waals surface area contributed by atoms with E-state index in [2.05, 4.69) is 10.2 Å². The molecule has 0 unspecified atom stereocenters. The van der Waals surface area contributed by atoms with E-state index in [0.29, 0.717) is 10.8 Å². The molecule has 3 rings (SSSR count). The van der Waals surface area contributed by atoms with Crippen molar-refractivity contribution in [1.82, 2.24) is 14.6 Å². The normalized spacial score (nSPS) is 12.5. The molecule has 0 bridgehead atoms. The molecule has 0 N–H and O–H groups in total. The molecule has 0 saturated heterocycles. The quantitative estimate of drug-likeness (QED) is 0.546. The molecular formula is C15H11F2N3OS. The Morgan fingerprint density at radius 1 is 1.18 bits per heavy atom. The van der Waals surface area contributed by atoms with Gasteiger partial charge in [0.05, 0.1) is 5.25 Å². The SMILES string of the molecule is C[C@@H](Sc1nnc2ccccn12)C(=O)c1ccc(F)c(F)c1. The Morgan fingerprint density at radius 3 is 2.77 bits per heavy atom. The number of rotatable bonds is 4. The summed E-state index contributed by atoms with van der Waals surface area (Å²) in [5.41, 5.74) is 0.810. The van der Waals surface area contributed by atoms with Crippen LogP contribution in [0.4, 0.5) is 8.78 Å². The zero-order valence-electron chi connectivity index (χ0n) is 11.5. The zero-order valence-corrected chi connectivity index (χ0v) is 12.3. The van der Waals surface area contributed by atoms with Gasteiger partial charge in [0.25, 0.3) is 0 Å². The average molecular weight is 319 g/mol. The third-order valence-electron chi connectivity index (χ3n) is 3.14. The van der Waals surface area contributed by atoms with E-state index >= 15 is 0 Å². The molecular weight excluding hydrogens is 308 g/mol. The fourth-order valence-electron chi connectivity index (χ4n) is 2.00. The lowest BCUT2D eigenvalue weighted by atomic mass is 10.1. The Bertz CT molecular complexity index is 850. The van der Waals surface area contributed by atoms with E-state index in [1.54, 1.807) is 23.6 Å². The van der Waals surface area contributed by atoms with Gasteiger partial charge >= 0.3 is 0 Å². The average Bonchev–Trinajstić information content (AvgIpc) is 2.92. The molecule has 112 valence electrons. The molecule has 0 radical (unpaired) electrons. The van der Waals surface area contributed by atoms with Gasteiger partial charge in [-0.1, -0.05) is 17.8 Å². The molecule has 1 aromatic carbocycles. The van der Waals surface area contributed by atoms with Gasteiger partial charge in [-0.05, 0) is 37.3 Å². The van der Waals surface area contributed by atoms with Crippen LogP contribution in [-0.4, -0.2) is 25.6 Å². The van der Waals surface area contributed by atoms with Gasteiger partial charge in [0.2, 0.25) is 0 Å². The minimum atomic E-state index is -1.03. The fourth-order valence-corrected chi connectivity index (χ4v) is 2.91. The molecule has 4 nitrogen and oxygen atoms in total. The first-order chi connectivity index (χ1) is 10.6. The third-order valence-corrected chi connectivity index (χ3v) is 4.19. The Morgan fingerprint density at radius 2 is 2.00 bits per heavy atom. The second-order valence-electron chi connectivity index (χ2n) is 4.66. The Labute approximate surface area is 129 Å². The van der Waals surface area contributed by atoms with Gasteiger partial charge in [0.1, 0.15) is 0 Å². The smallest absolute Gasteiger partial charge is 0.196 e. The number of pyridine rings is 1. The topological polar surface area (TPSA) is 47.3 Å². The van der Waals surface area contributed by atoms with Gasteiger partial charge in [-0.15, -0.1) is 10.2 Å². The predicted octanol–water partition coefficient (Wildman–Crippen LogP) is 3.37. The van der Waals surface area contributed by atoms with Crippen LogP contribution >= 0.6 is 11.8 Å². The van der Waals surface area contributed by atoms with Crippen molar-refractivity contribution >= 4 is 23.2 Å². The molecule has 1 atom stereocenters. The van der Waals surface area contributed by atoms with Crippen LogP contribution in [0.1, 0.15) is 17.3 Å². The van der Waals surface area contributed by atoms with Gasteiger partial charge < -0.3 is 0 Å². The first-order valence-corrected chi connectivity index (χ1v) is 7.40. The van der Waals surface area contributed by atoms with E-state index in [9.17, 15) is 13.6 Å². The van der Waals surface area contributed by atoms with Crippen LogP contribution in [0.2, 0.25) is 0 Å². The minimum Gasteiger partial charge on any atom is -0.293 e. The number of fused-ring (bicyclic) bond motifs is 1. The lowest BCUT2D eigenvalue weighted by Crippen LogP contribution is -2.14. The molecule has 22 heavy (non-hydrogen) atoms. The van der Waals surface area contributed by atoms with Crippen LogP contribution in [0.15, 0.2) is 47.8 Å². The van der Waals surface area contributed by atoms with Crippen LogP contribution in [0.5, 0.6) is 0 Å². The van der Waals surface area contributed by atoms with Crippen molar-refractivity contribution in [3.8, 4) is 0 Å².